The van der Waals surface area contributed by atoms with Crippen LogP contribution in [0.25, 0.3) is 5.69 Å². The molecule has 0 aliphatic carbocycles. The summed E-state index contributed by atoms with van der Waals surface area (Å²) < 4.78 is 47.8. The van der Waals surface area contributed by atoms with Gasteiger partial charge in [0, 0.05) is 13.1 Å². The number of para-hydroxylation sites is 1. The third-order valence-electron chi connectivity index (χ3n) is 4.91. The van der Waals surface area contributed by atoms with Crippen LogP contribution in [0.1, 0.15) is 17.1 Å². The first-order valence-electron chi connectivity index (χ1n) is 10.1. The van der Waals surface area contributed by atoms with Gasteiger partial charge in [-0.15, -0.1) is 10.2 Å². The monoisotopic (exact) mass is 513 g/mol. The molecule has 0 N–H and O–H groups in total. The van der Waals surface area contributed by atoms with Crippen molar-refractivity contribution < 1.29 is 22.7 Å². The highest BCUT2D eigenvalue weighted by Crippen LogP contribution is 2.31. The molecule has 34 heavy (non-hydrogen) atoms. The van der Waals surface area contributed by atoms with E-state index in [1.54, 1.807) is 24.0 Å². The molecule has 3 aromatic rings. The maximum Gasteiger partial charge on any atom is 0.453 e. The Morgan fingerprint density at radius 1 is 1.24 bits per heavy atom. The highest BCUT2D eigenvalue weighted by atomic mass is 35.5. The van der Waals surface area contributed by atoms with Crippen LogP contribution in [0.15, 0.2) is 40.6 Å². The van der Waals surface area contributed by atoms with E-state index in [9.17, 15) is 18.0 Å². The Bertz CT molecular complexity index is 1190. The number of hydrogen-bond acceptors (Lipinski definition) is 7. The number of benzene rings is 1. The lowest BCUT2D eigenvalue weighted by molar-refractivity contribution is -0.147. The number of thioether (sulfide) groups is 1. The topological polar surface area (TPSA) is 90.4 Å². The average Bonchev–Trinajstić information content (AvgIpc) is 3.37. The van der Waals surface area contributed by atoms with Crippen LogP contribution in [-0.4, -0.2) is 73.7 Å². The second-order valence-corrected chi connectivity index (χ2v) is 8.48. The first-order valence-corrected chi connectivity index (χ1v) is 11.5. The van der Waals surface area contributed by atoms with Crippen molar-refractivity contribution in [3.8, 4) is 5.69 Å². The van der Waals surface area contributed by atoms with Crippen LogP contribution in [0.3, 0.4) is 0 Å². The fourth-order valence-corrected chi connectivity index (χ4v) is 4.29. The number of carbonyl (C=O) groups excluding carboxylic acids is 1. The lowest BCUT2D eigenvalue weighted by atomic mass is 10.3. The minimum atomic E-state index is -4.80. The number of hydrogen-bond donors (Lipinski definition) is 0. The van der Waals surface area contributed by atoms with E-state index >= 15 is 0 Å². The molecule has 180 valence electrons. The molecule has 14 heteroatoms. The van der Waals surface area contributed by atoms with Crippen LogP contribution in [0.4, 0.5) is 13.2 Å². The predicted molar refractivity (Wildman–Crippen MR) is 119 cm³/mol. The number of aryl methyl sites for hydroxylation is 1. The van der Waals surface area contributed by atoms with Crippen LogP contribution < -0.4 is 0 Å². The third-order valence-corrected chi connectivity index (χ3v) is 6.17. The first kappa shape index (κ1) is 24.2. The summed E-state index contributed by atoms with van der Waals surface area (Å²) in [6.07, 6.45) is -3.62. The summed E-state index contributed by atoms with van der Waals surface area (Å²) in [5.41, 5.74) is 1.50. The number of ether oxygens (including phenoxy) is 1. The SMILES string of the molecule is Cc1nn(-c2ccccc2)c(Cl)c1C=Nn1c(SCC(=O)N2CCOCC2)nnc1C(F)(F)F. The molecule has 0 unspecified atom stereocenters. The zero-order valence-electron chi connectivity index (χ0n) is 17.9. The van der Waals surface area contributed by atoms with Crippen LogP contribution in [0.5, 0.6) is 0 Å². The molecule has 9 nitrogen and oxygen atoms in total. The first-order chi connectivity index (χ1) is 16.3. The highest BCUT2D eigenvalue weighted by molar-refractivity contribution is 7.99. The van der Waals surface area contributed by atoms with Gasteiger partial charge >= 0.3 is 6.18 Å². The van der Waals surface area contributed by atoms with E-state index in [0.29, 0.717) is 47.9 Å². The zero-order chi connectivity index (χ0) is 24.3. The van der Waals surface area contributed by atoms with E-state index in [2.05, 4.69) is 20.4 Å². The third kappa shape index (κ3) is 5.26. The maximum absolute atomic E-state index is 13.5. The standard InChI is InChI=1S/C20H19ClF3N7O2S/c1-13-15(17(21)30(28-13)14-5-3-2-4-6-14)11-25-31-18(20(22,23)24)26-27-19(31)34-12-16(32)29-7-9-33-10-8-29/h2-6,11H,7-10,12H2,1H3. The molecule has 2 aromatic heterocycles. The van der Waals surface area contributed by atoms with Gasteiger partial charge in [0.25, 0.3) is 5.82 Å². The molecule has 1 amide bonds. The summed E-state index contributed by atoms with van der Waals surface area (Å²) in [5, 5.41) is 15.2. The van der Waals surface area contributed by atoms with Gasteiger partial charge in [0.15, 0.2) is 0 Å². The fourth-order valence-electron chi connectivity index (χ4n) is 3.18. The van der Waals surface area contributed by atoms with Crippen LogP contribution in [-0.2, 0) is 15.7 Å². The van der Waals surface area contributed by atoms with E-state index < -0.39 is 12.0 Å². The van der Waals surface area contributed by atoms with Crippen LogP contribution >= 0.6 is 23.4 Å². The molecule has 1 aliphatic heterocycles. The predicted octanol–water partition coefficient (Wildman–Crippen LogP) is 3.28. The smallest absolute Gasteiger partial charge is 0.378 e. The van der Waals surface area contributed by atoms with Gasteiger partial charge in [-0.25, -0.2) is 4.68 Å². The molecule has 1 aromatic carbocycles. The van der Waals surface area contributed by atoms with Crippen molar-refractivity contribution in [1.82, 2.24) is 29.6 Å². The van der Waals surface area contributed by atoms with Gasteiger partial charge in [0.1, 0.15) is 5.15 Å². The molecule has 0 radical (unpaired) electrons. The maximum atomic E-state index is 13.5. The van der Waals surface area contributed by atoms with Crippen molar-refractivity contribution in [2.24, 2.45) is 5.10 Å². The molecule has 0 saturated carbocycles. The fraction of sp³-hybridized carbons (Fsp3) is 0.350. The molecular weight excluding hydrogens is 495 g/mol. The highest BCUT2D eigenvalue weighted by Gasteiger charge is 2.39. The minimum Gasteiger partial charge on any atom is -0.378 e. The zero-order valence-corrected chi connectivity index (χ0v) is 19.4. The summed E-state index contributed by atoms with van der Waals surface area (Å²) in [6, 6.07) is 9.04. The van der Waals surface area contributed by atoms with Crippen molar-refractivity contribution >= 4 is 35.5 Å². The van der Waals surface area contributed by atoms with Gasteiger partial charge in [-0.05, 0) is 19.1 Å². The molecule has 0 bridgehead atoms. The molecule has 0 atom stereocenters. The number of aromatic nitrogens is 5. The number of carbonyl (C=O) groups is 1. The molecule has 3 heterocycles. The molecule has 0 spiro atoms. The molecule has 1 saturated heterocycles. The largest absolute Gasteiger partial charge is 0.453 e. The van der Waals surface area contributed by atoms with E-state index in [1.807, 2.05) is 18.2 Å². The van der Waals surface area contributed by atoms with Gasteiger partial charge in [-0.1, -0.05) is 41.6 Å². The number of morpholine rings is 1. The molecular formula is C20H19ClF3N7O2S. The van der Waals surface area contributed by atoms with Crippen molar-refractivity contribution in [1.29, 1.82) is 0 Å². The van der Waals surface area contributed by atoms with E-state index in [1.165, 1.54) is 10.9 Å². The quantitative estimate of drug-likeness (QED) is 0.371. The number of alkyl halides is 3. The Kier molecular flexibility index (Phi) is 7.24. The van der Waals surface area contributed by atoms with E-state index in [0.717, 1.165) is 11.8 Å². The van der Waals surface area contributed by atoms with Crippen molar-refractivity contribution in [3.05, 3.63) is 52.6 Å². The number of rotatable bonds is 6. The summed E-state index contributed by atoms with van der Waals surface area (Å²) in [6.45, 7) is 3.38. The summed E-state index contributed by atoms with van der Waals surface area (Å²) in [7, 11) is 0. The number of halogens is 4. The van der Waals surface area contributed by atoms with Crippen molar-refractivity contribution in [3.63, 3.8) is 0 Å². The number of nitrogens with zero attached hydrogens (tertiary/aromatic N) is 7. The lowest BCUT2D eigenvalue weighted by Crippen LogP contribution is -2.41. The van der Waals surface area contributed by atoms with Crippen molar-refractivity contribution in [2.75, 3.05) is 32.1 Å². The second kappa shape index (κ2) is 10.2. The summed E-state index contributed by atoms with van der Waals surface area (Å²) >= 11 is 7.26. The van der Waals surface area contributed by atoms with Gasteiger partial charge in [-0.2, -0.15) is 28.0 Å². The summed E-state index contributed by atoms with van der Waals surface area (Å²) in [5.74, 6) is -1.66. The number of amides is 1. The van der Waals surface area contributed by atoms with E-state index in [4.69, 9.17) is 16.3 Å². The molecule has 1 aliphatic rings. The van der Waals surface area contributed by atoms with Gasteiger partial charge in [-0.3, -0.25) is 4.79 Å². The average molecular weight is 514 g/mol. The molecule has 1 fully saturated rings. The minimum absolute atomic E-state index is 0.114. The normalized spacial score (nSPS) is 14.8. The molecule has 4 rings (SSSR count). The Labute approximate surface area is 201 Å². The Balaban J connectivity index is 1.60. The van der Waals surface area contributed by atoms with Gasteiger partial charge in [0.2, 0.25) is 11.1 Å². The van der Waals surface area contributed by atoms with E-state index in [-0.39, 0.29) is 22.0 Å². The van der Waals surface area contributed by atoms with Crippen LogP contribution in [0, 0.1) is 6.92 Å². The van der Waals surface area contributed by atoms with Crippen molar-refractivity contribution in [2.45, 2.75) is 18.3 Å². The van der Waals surface area contributed by atoms with Crippen LogP contribution in [0.2, 0.25) is 5.15 Å². The Morgan fingerprint density at radius 2 is 1.94 bits per heavy atom. The Morgan fingerprint density at radius 3 is 2.62 bits per heavy atom. The Hall–Kier alpha value is -2.90. The lowest BCUT2D eigenvalue weighted by Gasteiger charge is -2.26. The summed E-state index contributed by atoms with van der Waals surface area (Å²) in [4.78, 5) is 14.0. The van der Waals surface area contributed by atoms with Gasteiger partial charge < -0.3 is 9.64 Å². The second-order valence-electron chi connectivity index (χ2n) is 7.18. The van der Waals surface area contributed by atoms with Gasteiger partial charge in [0.05, 0.1) is 42.1 Å².